The Morgan fingerprint density at radius 2 is 1.79 bits per heavy atom. The molecule has 1 aromatic heterocycles. The van der Waals surface area contributed by atoms with Crippen molar-refractivity contribution in [2.75, 3.05) is 0 Å². The molecule has 3 N–H and O–H groups in total. The normalized spacial score (nSPS) is 11.1. The second-order valence-electron chi connectivity index (χ2n) is 4.04. The van der Waals surface area contributed by atoms with Crippen LogP contribution in [0.5, 0.6) is 11.5 Å². The molecule has 1 heterocycles. The molecular formula is C13H8F2N2O2. The summed E-state index contributed by atoms with van der Waals surface area (Å²) in [5.41, 5.74) is 0.783. The molecule has 0 atom stereocenters. The second-order valence-corrected chi connectivity index (χ2v) is 4.04. The summed E-state index contributed by atoms with van der Waals surface area (Å²) < 4.78 is 26.2. The molecule has 0 amide bonds. The maximum absolute atomic E-state index is 13.1. The van der Waals surface area contributed by atoms with E-state index in [0.29, 0.717) is 5.52 Å². The molecule has 2 aromatic carbocycles. The molecule has 0 saturated carbocycles. The Bertz CT molecular complexity index is 745. The van der Waals surface area contributed by atoms with E-state index in [1.165, 1.54) is 18.2 Å². The third-order valence-corrected chi connectivity index (χ3v) is 2.79. The summed E-state index contributed by atoms with van der Waals surface area (Å²) in [4.78, 5) is 6.81. The van der Waals surface area contributed by atoms with Crippen LogP contribution in [0.4, 0.5) is 8.78 Å². The lowest BCUT2D eigenvalue weighted by Gasteiger charge is -2.02. The summed E-state index contributed by atoms with van der Waals surface area (Å²) in [6.07, 6.45) is 0. The minimum absolute atomic E-state index is 0.216. The van der Waals surface area contributed by atoms with Crippen molar-refractivity contribution in [1.82, 2.24) is 9.97 Å². The van der Waals surface area contributed by atoms with Crippen LogP contribution in [0.15, 0.2) is 30.3 Å². The van der Waals surface area contributed by atoms with E-state index >= 15 is 0 Å². The van der Waals surface area contributed by atoms with Gasteiger partial charge in [0.05, 0.1) is 16.6 Å². The average Bonchev–Trinajstić information content (AvgIpc) is 2.76. The number of aromatic nitrogens is 2. The number of hydrogen-bond acceptors (Lipinski definition) is 3. The summed E-state index contributed by atoms with van der Waals surface area (Å²) in [5, 5.41) is 19.1. The van der Waals surface area contributed by atoms with E-state index < -0.39 is 11.6 Å². The van der Waals surface area contributed by atoms with Crippen LogP contribution in [0.25, 0.3) is 22.4 Å². The monoisotopic (exact) mass is 262 g/mol. The fourth-order valence-corrected chi connectivity index (χ4v) is 1.85. The molecule has 3 aromatic rings. The van der Waals surface area contributed by atoms with E-state index in [9.17, 15) is 19.0 Å². The van der Waals surface area contributed by atoms with Gasteiger partial charge < -0.3 is 15.2 Å². The molecule has 0 aliphatic rings. The highest BCUT2D eigenvalue weighted by Gasteiger charge is 2.14. The van der Waals surface area contributed by atoms with Gasteiger partial charge in [-0.25, -0.2) is 13.8 Å². The summed E-state index contributed by atoms with van der Waals surface area (Å²) in [5.74, 6) is -2.40. The summed E-state index contributed by atoms with van der Waals surface area (Å²) in [7, 11) is 0. The highest BCUT2D eigenvalue weighted by Crippen LogP contribution is 2.35. The number of rotatable bonds is 1. The second kappa shape index (κ2) is 3.94. The van der Waals surface area contributed by atoms with Crippen molar-refractivity contribution in [3.8, 4) is 22.9 Å². The number of nitrogens with zero attached hydrogens (tertiary/aromatic N) is 1. The van der Waals surface area contributed by atoms with E-state index in [1.54, 1.807) is 0 Å². The van der Waals surface area contributed by atoms with Crippen LogP contribution in [0.1, 0.15) is 0 Å². The predicted molar refractivity (Wildman–Crippen MR) is 64.8 cm³/mol. The highest BCUT2D eigenvalue weighted by molar-refractivity contribution is 5.81. The Labute approximate surface area is 106 Å². The first kappa shape index (κ1) is 11.5. The molecule has 4 nitrogen and oxygen atoms in total. The number of hydrogen-bond donors (Lipinski definition) is 3. The largest absolute Gasteiger partial charge is 0.504 e. The number of imidazole rings is 1. The third kappa shape index (κ3) is 1.77. The maximum atomic E-state index is 13.1. The van der Waals surface area contributed by atoms with Crippen molar-refractivity contribution < 1.29 is 19.0 Å². The quantitative estimate of drug-likeness (QED) is 0.590. The molecule has 0 bridgehead atoms. The Morgan fingerprint density at radius 3 is 2.58 bits per heavy atom. The Morgan fingerprint density at radius 1 is 1.05 bits per heavy atom. The van der Waals surface area contributed by atoms with Crippen LogP contribution >= 0.6 is 0 Å². The van der Waals surface area contributed by atoms with Crippen LogP contribution in [0.2, 0.25) is 0 Å². The lowest BCUT2D eigenvalue weighted by atomic mass is 10.2. The van der Waals surface area contributed by atoms with Gasteiger partial charge in [-0.3, -0.25) is 0 Å². The zero-order valence-corrected chi connectivity index (χ0v) is 9.48. The number of phenols is 2. The Kier molecular flexibility index (Phi) is 2.38. The molecule has 0 fully saturated rings. The van der Waals surface area contributed by atoms with Crippen LogP contribution < -0.4 is 0 Å². The van der Waals surface area contributed by atoms with E-state index in [-0.39, 0.29) is 28.4 Å². The zero-order valence-electron chi connectivity index (χ0n) is 9.48. The van der Waals surface area contributed by atoms with Gasteiger partial charge in [0.2, 0.25) is 0 Å². The molecular weight excluding hydrogens is 254 g/mol. The van der Waals surface area contributed by atoms with Crippen molar-refractivity contribution in [1.29, 1.82) is 0 Å². The minimum atomic E-state index is -0.995. The first-order chi connectivity index (χ1) is 9.06. The van der Waals surface area contributed by atoms with Gasteiger partial charge in [0, 0.05) is 12.1 Å². The Balaban J connectivity index is 2.23. The average molecular weight is 262 g/mol. The fourth-order valence-electron chi connectivity index (χ4n) is 1.85. The number of fused-ring (bicyclic) bond motifs is 1. The van der Waals surface area contributed by atoms with E-state index in [0.717, 1.165) is 12.1 Å². The molecule has 0 aliphatic carbocycles. The van der Waals surface area contributed by atoms with Crippen molar-refractivity contribution in [2.45, 2.75) is 0 Å². The smallest absolute Gasteiger partial charge is 0.168 e. The third-order valence-electron chi connectivity index (χ3n) is 2.79. The van der Waals surface area contributed by atoms with Gasteiger partial charge in [-0.15, -0.1) is 0 Å². The molecule has 0 saturated heterocycles. The topological polar surface area (TPSA) is 69.1 Å². The molecule has 0 aliphatic heterocycles. The highest BCUT2D eigenvalue weighted by atomic mass is 19.2. The summed E-state index contributed by atoms with van der Waals surface area (Å²) in [6.45, 7) is 0. The van der Waals surface area contributed by atoms with Gasteiger partial charge in [0.1, 0.15) is 5.82 Å². The molecule has 3 rings (SSSR count). The number of benzene rings is 2. The van der Waals surface area contributed by atoms with Crippen molar-refractivity contribution in [3.05, 3.63) is 42.0 Å². The molecule has 19 heavy (non-hydrogen) atoms. The van der Waals surface area contributed by atoms with Gasteiger partial charge >= 0.3 is 0 Å². The maximum Gasteiger partial charge on any atom is 0.168 e. The van der Waals surface area contributed by atoms with Gasteiger partial charge in [-0.1, -0.05) is 6.07 Å². The van der Waals surface area contributed by atoms with Gasteiger partial charge in [-0.2, -0.15) is 0 Å². The van der Waals surface area contributed by atoms with Crippen LogP contribution in [0.3, 0.4) is 0 Å². The number of aromatic amines is 1. The molecule has 0 radical (unpaired) electrons. The summed E-state index contributed by atoms with van der Waals surface area (Å²) >= 11 is 0. The number of aromatic hydroxyl groups is 2. The predicted octanol–water partition coefficient (Wildman–Crippen LogP) is 2.92. The van der Waals surface area contributed by atoms with Crippen LogP contribution in [-0.4, -0.2) is 20.2 Å². The van der Waals surface area contributed by atoms with E-state index in [2.05, 4.69) is 9.97 Å². The molecule has 96 valence electrons. The minimum Gasteiger partial charge on any atom is -0.504 e. The van der Waals surface area contributed by atoms with Crippen LogP contribution in [0, 0.1) is 11.6 Å². The fraction of sp³-hybridized carbons (Fsp3) is 0. The number of H-pyrrole nitrogens is 1. The van der Waals surface area contributed by atoms with Gasteiger partial charge in [0.25, 0.3) is 0 Å². The molecule has 0 spiro atoms. The lowest BCUT2D eigenvalue weighted by Crippen LogP contribution is -1.82. The zero-order chi connectivity index (χ0) is 13.6. The Hall–Kier alpha value is -2.63. The van der Waals surface area contributed by atoms with Crippen molar-refractivity contribution in [3.63, 3.8) is 0 Å². The van der Waals surface area contributed by atoms with E-state index in [1.807, 2.05) is 0 Å². The van der Waals surface area contributed by atoms with Gasteiger partial charge in [-0.05, 0) is 12.1 Å². The number of phenolic OH excluding ortho intramolecular Hbond substituents is 2. The summed E-state index contributed by atoms with van der Waals surface area (Å²) in [6, 6.07) is 6.32. The van der Waals surface area contributed by atoms with Gasteiger partial charge in [0.15, 0.2) is 23.1 Å². The van der Waals surface area contributed by atoms with E-state index in [4.69, 9.17) is 0 Å². The van der Waals surface area contributed by atoms with Crippen molar-refractivity contribution >= 4 is 11.0 Å². The molecule has 0 unspecified atom stereocenters. The molecule has 6 heteroatoms. The standard InChI is InChI=1S/C13H8F2N2O2/c14-7-4-9-10(5-8(7)15)17-13(16-9)6-2-1-3-11(18)12(6)19/h1-5,18-19H,(H,16,17). The first-order valence-corrected chi connectivity index (χ1v) is 5.42. The van der Waals surface area contributed by atoms with Crippen molar-refractivity contribution in [2.24, 2.45) is 0 Å². The number of para-hydroxylation sites is 1. The van der Waals surface area contributed by atoms with Crippen LogP contribution in [-0.2, 0) is 0 Å². The lowest BCUT2D eigenvalue weighted by molar-refractivity contribution is 0.405. The number of nitrogens with one attached hydrogen (secondary N) is 1. The SMILES string of the molecule is Oc1cccc(-c2nc3cc(F)c(F)cc3[nH]2)c1O. The first-order valence-electron chi connectivity index (χ1n) is 5.42. The number of halogens is 2.